The number of hydrogen-bond donors (Lipinski definition) is 2. The van der Waals surface area contributed by atoms with Crippen molar-refractivity contribution in [2.75, 3.05) is 13.1 Å². The van der Waals surface area contributed by atoms with Crippen LogP contribution in [0, 0.1) is 0 Å². The van der Waals surface area contributed by atoms with E-state index in [4.69, 9.17) is 10.9 Å². The van der Waals surface area contributed by atoms with Gasteiger partial charge in [0.1, 0.15) is 0 Å². The maximum absolute atomic E-state index is 8.84. The monoisotopic (exact) mass is 220 g/mol. The van der Waals surface area contributed by atoms with Gasteiger partial charge in [0.15, 0.2) is 5.84 Å². The van der Waals surface area contributed by atoms with Gasteiger partial charge < -0.3 is 10.9 Å². The smallest absolute Gasteiger partial charge is 0.161 e. The Morgan fingerprint density at radius 1 is 1.50 bits per heavy atom. The van der Waals surface area contributed by atoms with E-state index in [1.165, 1.54) is 0 Å². The lowest BCUT2D eigenvalue weighted by atomic mass is 10.1. The van der Waals surface area contributed by atoms with Crippen molar-refractivity contribution in [2.45, 2.75) is 18.9 Å². The summed E-state index contributed by atoms with van der Waals surface area (Å²) in [5.41, 5.74) is 6.73. The standard InChI is InChI=1S/C11H16N4O/c12-11(14-16)10(15-6-1-2-7-15)9-4-3-5-13-8-9/h3-5,8,10,16H,1-2,6-7H2,(H2,12,14). The lowest BCUT2D eigenvalue weighted by molar-refractivity contribution is 0.278. The molecule has 0 aromatic carbocycles. The Balaban J connectivity index is 2.27. The molecule has 0 spiro atoms. The van der Waals surface area contributed by atoms with Crippen molar-refractivity contribution in [3.05, 3.63) is 30.1 Å². The lowest BCUT2D eigenvalue weighted by Gasteiger charge is -2.26. The summed E-state index contributed by atoms with van der Waals surface area (Å²) in [7, 11) is 0. The van der Waals surface area contributed by atoms with Crippen LogP contribution in [0.1, 0.15) is 24.4 Å². The molecule has 1 aliphatic heterocycles. The van der Waals surface area contributed by atoms with Gasteiger partial charge in [-0.25, -0.2) is 0 Å². The fraction of sp³-hybridized carbons (Fsp3) is 0.455. The fourth-order valence-corrected chi connectivity index (χ4v) is 2.16. The Morgan fingerprint density at radius 3 is 2.81 bits per heavy atom. The van der Waals surface area contributed by atoms with Crippen molar-refractivity contribution >= 4 is 5.84 Å². The lowest BCUT2D eigenvalue weighted by Crippen LogP contribution is -2.36. The van der Waals surface area contributed by atoms with E-state index in [9.17, 15) is 0 Å². The minimum absolute atomic E-state index is 0.152. The number of rotatable bonds is 3. The molecule has 0 saturated carbocycles. The summed E-state index contributed by atoms with van der Waals surface area (Å²) in [5, 5.41) is 12.0. The van der Waals surface area contributed by atoms with E-state index in [2.05, 4.69) is 15.0 Å². The molecular formula is C11H16N4O. The van der Waals surface area contributed by atoms with Gasteiger partial charge in [0.05, 0.1) is 6.04 Å². The van der Waals surface area contributed by atoms with Crippen LogP contribution in [0.4, 0.5) is 0 Å². The average Bonchev–Trinajstić information content (AvgIpc) is 2.84. The first-order valence-electron chi connectivity index (χ1n) is 5.44. The number of hydrogen-bond acceptors (Lipinski definition) is 4. The normalized spacial score (nSPS) is 19.9. The van der Waals surface area contributed by atoms with E-state index in [0.717, 1.165) is 31.5 Å². The van der Waals surface area contributed by atoms with Gasteiger partial charge in [0, 0.05) is 12.4 Å². The Labute approximate surface area is 94.6 Å². The van der Waals surface area contributed by atoms with Crippen LogP contribution >= 0.6 is 0 Å². The molecule has 2 heterocycles. The molecule has 86 valence electrons. The second-order valence-corrected chi connectivity index (χ2v) is 3.96. The SMILES string of the molecule is N/C(=N\O)C(c1cccnc1)N1CCCC1. The van der Waals surface area contributed by atoms with E-state index >= 15 is 0 Å². The number of likely N-dealkylation sites (tertiary alicyclic amines) is 1. The minimum atomic E-state index is -0.152. The highest BCUT2D eigenvalue weighted by atomic mass is 16.4. The van der Waals surface area contributed by atoms with Crippen LogP contribution in [0.5, 0.6) is 0 Å². The Morgan fingerprint density at radius 2 is 2.25 bits per heavy atom. The van der Waals surface area contributed by atoms with Gasteiger partial charge in [0.25, 0.3) is 0 Å². The van der Waals surface area contributed by atoms with Crippen LogP contribution in [0.2, 0.25) is 0 Å². The largest absolute Gasteiger partial charge is 0.409 e. The second kappa shape index (κ2) is 4.94. The van der Waals surface area contributed by atoms with Gasteiger partial charge in [0.2, 0.25) is 0 Å². The van der Waals surface area contributed by atoms with Gasteiger partial charge in [-0.05, 0) is 37.6 Å². The van der Waals surface area contributed by atoms with Crippen molar-refractivity contribution in [2.24, 2.45) is 10.9 Å². The van der Waals surface area contributed by atoms with Gasteiger partial charge in [-0.3, -0.25) is 9.88 Å². The Bertz CT molecular complexity index is 360. The molecule has 1 fully saturated rings. The summed E-state index contributed by atoms with van der Waals surface area (Å²) in [5.74, 6) is 0.231. The number of pyridine rings is 1. The average molecular weight is 220 g/mol. The predicted molar refractivity (Wildman–Crippen MR) is 61.2 cm³/mol. The summed E-state index contributed by atoms with van der Waals surface area (Å²) in [4.78, 5) is 6.29. The second-order valence-electron chi connectivity index (χ2n) is 3.96. The molecule has 16 heavy (non-hydrogen) atoms. The summed E-state index contributed by atoms with van der Waals surface area (Å²) in [6, 6.07) is 3.66. The molecule has 0 radical (unpaired) electrons. The molecule has 0 bridgehead atoms. The van der Waals surface area contributed by atoms with Crippen molar-refractivity contribution < 1.29 is 5.21 Å². The van der Waals surface area contributed by atoms with Crippen molar-refractivity contribution in [3.8, 4) is 0 Å². The molecule has 1 aromatic rings. The highest BCUT2D eigenvalue weighted by Crippen LogP contribution is 2.24. The number of oxime groups is 1. The number of nitrogens with zero attached hydrogens (tertiary/aromatic N) is 3. The van der Waals surface area contributed by atoms with Crippen LogP contribution in [0.3, 0.4) is 0 Å². The highest BCUT2D eigenvalue weighted by Gasteiger charge is 2.26. The number of nitrogens with two attached hydrogens (primary N) is 1. The molecular weight excluding hydrogens is 204 g/mol. The Kier molecular flexibility index (Phi) is 3.36. The molecule has 2 rings (SSSR count). The first-order chi connectivity index (χ1) is 7.83. The van der Waals surface area contributed by atoms with E-state index in [1.54, 1.807) is 12.4 Å². The van der Waals surface area contributed by atoms with Gasteiger partial charge >= 0.3 is 0 Å². The molecule has 1 saturated heterocycles. The molecule has 5 heteroatoms. The van der Waals surface area contributed by atoms with Crippen LogP contribution in [0.15, 0.2) is 29.7 Å². The predicted octanol–water partition coefficient (Wildman–Crippen LogP) is 0.965. The van der Waals surface area contributed by atoms with Gasteiger partial charge in [-0.15, -0.1) is 0 Å². The summed E-state index contributed by atoms with van der Waals surface area (Å²) in [6.07, 6.45) is 5.81. The maximum atomic E-state index is 8.84. The third kappa shape index (κ3) is 2.14. The highest BCUT2D eigenvalue weighted by molar-refractivity contribution is 5.86. The molecule has 1 aliphatic rings. The van der Waals surface area contributed by atoms with Crippen LogP contribution in [-0.4, -0.2) is 34.0 Å². The topological polar surface area (TPSA) is 74.7 Å². The van der Waals surface area contributed by atoms with Crippen molar-refractivity contribution in [1.29, 1.82) is 0 Å². The zero-order valence-corrected chi connectivity index (χ0v) is 9.08. The van der Waals surface area contributed by atoms with E-state index in [1.807, 2.05) is 12.1 Å². The molecule has 0 aliphatic carbocycles. The zero-order valence-electron chi connectivity index (χ0n) is 9.08. The van der Waals surface area contributed by atoms with Crippen LogP contribution in [0.25, 0.3) is 0 Å². The van der Waals surface area contributed by atoms with E-state index < -0.39 is 0 Å². The van der Waals surface area contributed by atoms with Gasteiger partial charge in [-0.2, -0.15) is 0 Å². The Hall–Kier alpha value is -1.62. The summed E-state index contributed by atoms with van der Waals surface area (Å²) < 4.78 is 0. The molecule has 3 N–H and O–H groups in total. The maximum Gasteiger partial charge on any atom is 0.161 e. The summed E-state index contributed by atoms with van der Waals surface area (Å²) in [6.45, 7) is 1.96. The third-order valence-corrected chi connectivity index (χ3v) is 2.90. The first-order valence-corrected chi connectivity index (χ1v) is 5.44. The van der Waals surface area contributed by atoms with E-state index in [-0.39, 0.29) is 11.9 Å². The minimum Gasteiger partial charge on any atom is -0.409 e. The van der Waals surface area contributed by atoms with Crippen LogP contribution < -0.4 is 5.73 Å². The molecule has 5 nitrogen and oxygen atoms in total. The van der Waals surface area contributed by atoms with Gasteiger partial charge in [-0.1, -0.05) is 11.2 Å². The molecule has 1 aromatic heterocycles. The summed E-state index contributed by atoms with van der Waals surface area (Å²) >= 11 is 0. The van der Waals surface area contributed by atoms with E-state index in [0.29, 0.717) is 0 Å². The molecule has 0 amide bonds. The first kappa shape index (κ1) is 10.9. The third-order valence-electron chi connectivity index (χ3n) is 2.90. The number of amidine groups is 1. The zero-order chi connectivity index (χ0) is 11.4. The fourth-order valence-electron chi connectivity index (χ4n) is 2.16. The number of aromatic nitrogens is 1. The molecule has 1 atom stereocenters. The van der Waals surface area contributed by atoms with Crippen molar-refractivity contribution in [1.82, 2.24) is 9.88 Å². The van der Waals surface area contributed by atoms with Crippen molar-refractivity contribution in [3.63, 3.8) is 0 Å². The van der Waals surface area contributed by atoms with Crippen LogP contribution in [-0.2, 0) is 0 Å². The molecule has 1 unspecified atom stereocenters. The quantitative estimate of drug-likeness (QED) is 0.344.